The van der Waals surface area contributed by atoms with Gasteiger partial charge >= 0.3 is 5.97 Å². The third kappa shape index (κ3) is 4.26. The first kappa shape index (κ1) is 15.5. The zero-order valence-corrected chi connectivity index (χ0v) is 11.0. The van der Waals surface area contributed by atoms with E-state index in [4.69, 9.17) is 10.2 Å². The van der Waals surface area contributed by atoms with E-state index in [1.54, 1.807) is 12.1 Å². The van der Waals surface area contributed by atoms with Crippen LogP contribution in [0.2, 0.25) is 0 Å². The van der Waals surface area contributed by atoms with E-state index in [0.717, 1.165) is 29.9 Å². The van der Waals surface area contributed by atoms with Gasteiger partial charge < -0.3 is 15.3 Å². The van der Waals surface area contributed by atoms with E-state index in [2.05, 4.69) is 0 Å². The molecule has 0 aliphatic heterocycles. The molecule has 3 N–H and O–H groups in total. The molecule has 0 fully saturated rings. The fraction of sp³-hybridized carbons (Fsp3) is 0.0625. The molecule has 0 spiro atoms. The molecule has 0 saturated heterocycles. The molecular formula is C16H16O4. The highest BCUT2D eigenvalue weighted by atomic mass is 16.4. The number of phenols is 1. The van der Waals surface area contributed by atoms with E-state index >= 15 is 0 Å². The number of hydrogen-bond acceptors (Lipinski definition) is 3. The van der Waals surface area contributed by atoms with Crippen LogP contribution < -0.4 is 0 Å². The van der Waals surface area contributed by atoms with E-state index in [0.29, 0.717) is 0 Å². The molecule has 0 aromatic heterocycles. The van der Waals surface area contributed by atoms with Gasteiger partial charge in [0, 0.05) is 13.2 Å². The molecule has 0 aliphatic carbocycles. The number of hydrogen-bond donors (Lipinski definition) is 3. The molecule has 0 heterocycles. The molecule has 104 valence electrons. The number of aliphatic hydroxyl groups is 1. The van der Waals surface area contributed by atoms with Crippen LogP contribution in [-0.2, 0) is 4.79 Å². The predicted octanol–water partition coefficient (Wildman–Crippen LogP) is 2.77. The van der Waals surface area contributed by atoms with E-state index in [1.165, 1.54) is 12.1 Å². The van der Waals surface area contributed by atoms with Gasteiger partial charge in [-0.25, -0.2) is 4.79 Å². The summed E-state index contributed by atoms with van der Waals surface area (Å²) in [5, 5.41) is 25.2. The Labute approximate surface area is 117 Å². The summed E-state index contributed by atoms with van der Waals surface area (Å²) in [4.78, 5) is 10.6. The van der Waals surface area contributed by atoms with Crippen LogP contribution in [0, 0.1) is 0 Å². The monoisotopic (exact) mass is 272 g/mol. The molecule has 20 heavy (non-hydrogen) atoms. The minimum atomic E-state index is -0.998. The van der Waals surface area contributed by atoms with E-state index in [9.17, 15) is 9.90 Å². The van der Waals surface area contributed by atoms with Crippen molar-refractivity contribution in [2.45, 2.75) is 0 Å². The fourth-order valence-corrected chi connectivity index (χ4v) is 1.72. The first-order valence-corrected chi connectivity index (χ1v) is 5.91. The zero-order valence-electron chi connectivity index (χ0n) is 11.0. The van der Waals surface area contributed by atoms with Crippen LogP contribution in [0.15, 0.2) is 54.6 Å². The lowest BCUT2D eigenvalue weighted by Gasteiger charge is -2.07. The lowest BCUT2D eigenvalue weighted by atomic mass is 9.99. The second kappa shape index (κ2) is 7.76. The molecule has 0 aliphatic rings. The van der Waals surface area contributed by atoms with Gasteiger partial charge in [0.25, 0.3) is 0 Å². The van der Waals surface area contributed by atoms with Gasteiger partial charge in [-0.3, -0.25) is 0 Å². The van der Waals surface area contributed by atoms with Crippen LogP contribution in [0.5, 0.6) is 5.75 Å². The van der Waals surface area contributed by atoms with Gasteiger partial charge in [0.15, 0.2) is 0 Å². The van der Waals surface area contributed by atoms with E-state index in [-0.39, 0.29) is 5.75 Å². The van der Waals surface area contributed by atoms with Gasteiger partial charge in [-0.15, -0.1) is 0 Å². The average Bonchev–Trinajstić information content (AvgIpc) is 2.49. The SMILES string of the molecule is CO.O=C(O)C=Cc1ccc(O)cc1-c1ccccc1. The lowest BCUT2D eigenvalue weighted by molar-refractivity contribution is -0.131. The largest absolute Gasteiger partial charge is 0.508 e. The predicted molar refractivity (Wildman–Crippen MR) is 78.4 cm³/mol. The Bertz CT molecular complexity index is 589. The third-order valence-corrected chi connectivity index (χ3v) is 2.53. The van der Waals surface area contributed by atoms with Gasteiger partial charge in [-0.1, -0.05) is 36.4 Å². The molecule has 4 heteroatoms. The van der Waals surface area contributed by atoms with Crippen LogP contribution in [0.25, 0.3) is 17.2 Å². The van der Waals surface area contributed by atoms with Crippen molar-refractivity contribution in [1.29, 1.82) is 0 Å². The van der Waals surface area contributed by atoms with Crippen LogP contribution in [0.3, 0.4) is 0 Å². The highest BCUT2D eigenvalue weighted by Gasteiger charge is 2.04. The maximum Gasteiger partial charge on any atom is 0.328 e. The molecule has 0 bridgehead atoms. The Morgan fingerprint density at radius 1 is 1.05 bits per heavy atom. The number of aliphatic hydroxyl groups excluding tert-OH is 1. The highest BCUT2D eigenvalue weighted by Crippen LogP contribution is 2.28. The van der Waals surface area contributed by atoms with Gasteiger partial charge in [0.2, 0.25) is 0 Å². The van der Waals surface area contributed by atoms with E-state index in [1.807, 2.05) is 30.3 Å². The van der Waals surface area contributed by atoms with E-state index < -0.39 is 5.97 Å². The lowest BCUT2D eigenvalue weighted by Crippen LogP contribution is -1.87. The standard InChI is InChI=1S/C15H12O3.CH4O/c16-13-8-6-12(7-9-15(17)18)14(10-13)11-4-2-1-3-5-11;1-2/h1-10,16H,(H,17,18);2H,1H3. The molecule has 4 nitrogen and oxygen atoms in total. The van der Waals surface area contributed by atoms with Gasteiger partial charge in [0.1, 0.15) is 5.75 Å². The van der Waals surface area contributed by atoms with Crippen molar-refractivity contribution in [3.63, 3.8) is 0 Å². The molecule has 2 aromatic rings. The summed E-state index contributed by atoms with van der Waals surface area (Å²) in [5.41, 5.74) is 2.48. The maximum atomic E-state index is 10.6. The number of aromatic hydroxyl groups is 1. The minimum absolute atomic E-state index is 0.154. The summed E-state index contributed by atoms with van der Waals surface area (Å²) in [5.74, 6) is -0.844. The van der Waals surface area contributed by atoms with Crippen molar-refractivity contribution in [3.05, 3.63) is 60.2 Å². The van der Waals surface area contributed by atoms with Crippen molar-refractivity contribution in [3.8, 4) is 16.9 Å². The number of aliphatic carboxylic acids is 1. The number of phenolic OH excluding ortho intramolecular Hbond substituents is 1. The average molecular weight is 272 g/mol. The first-order chi connectivity index (χ1) is 9.66. The number of benzene rings is 2. The smallest absolute Gasteiger partial charge is 0.328 e. The van der Waals surface area contributed by atoms with Crippen molar-refractivity contribution >= 4 is 12.0 Å². The molecular weight excluding hydrogens is 256 g/mol. The normalized spacial score (nSPS) is 9.90. The molecule has 2 rings (SSSR count). The Morgan fingerprint density at radius 2 is 1.70 bits per heavy atom. The quantitative estimate of drug-likeness (QED) is 0.751. The van der Waals surface area contributed by atoms with Gasteiger partial charge in [-0.2, -0.15) is 0 Å². The second-order valence-corrected chi connectivity index (χ2v) is 3.81. The van der Waals surface area contributed by atoms with Crippen LogP contribution in [0.1, 0.15) is 5.56 Å². The molecule has 0 saturated carbocycles. The maximum absolute atomic E-state index is 10.6. The van der Waals surface area contributed by atoms with Crippen molar-refractivity contribution in [1.82, 2.24) is 0 Å². The number of rotatable bonds is 3. The molecule has 0 atom stereocenters. The Kier molecular flexibility index (Phi) is 6.00. The number of carboxylic acid groups (broad SMARTS) is 1. The highest BCUT2D eigenvalue weighted by molar-refractivity contribution is 5.88. The summed E-state index contributed by atoms with van der Waals surface area (Å²) in [6.45, 7) is 0. The van der Waals surface area contributed by atoms with Crippen molar-refractivity contribution < 1.29 is 20.1 Å². The third-order valence-electron chi connectivity index (χ3n) is 2.53. The Hall–Kier alpha value is -2.59. The number of carboxylic acids is 1. The summed E-state index contributed by atoms with van der Waals surface area (Å²) in [7, 11) is 1.00. The second-order valence-electron chi connectivity index (χ2n) is 3.81. The summed E-state index contributed by atoms with van der Waals surface area (Å²) in [6.07, 6.45) is 2.60. The Morgan fingerprint density at radius 3 is 2.30 bits per heavy atom. The minimum Gasteiger partial charge on any atom is -0.508 e. The fourth-order valence-electron chi connectivity index (χ4n) is 1.72. The van der Waals surface area contributed by atoms with Crippen molar-refractivity contribution in [2.75, 3.05) is 7.11 Å². The van der Waals surface area contributed by atoms with Crippen molar-refractivity contribution in [2.24, 2.45) is 0 Å². The van der Waals surface area contributed by atoms with Gasteiger partial charge in [-0.05, 0) is 34.9 Å². The Balaban J connectivity index is 0.000000956. The van der Waals surface area contributed by atoms with Crippen LogP contribution >= 0.6 is 0 Å². The molecule has 0 radical (unpaired) electrons. The molecule has 0 unspecified atom stereocenters. The molecule has 0 amide bonds. The first-order valence-electron chi connectivity index (χ1n) is 5.91. The summed E-state index contributed by atoms with van der Waals surface area (Å²) < 4.78 is 0. The summed E-state index contributed by atoms with van der Waals surface area (Å²) >= 11 is 0. The summed E-state index contributed by atoms with van der Waals surface area (Å²) in [6, 6.07) is 14.4. The number of carbonyl (C=O) groups is 1. The van der Waals surface area contributed by atoms with Gasteiger partial charge in [0.05, 0.1) is 0 Å². The topological polar surface area (TPSA) is 77.8 Å². The van der Waals surface area contributed by atoms with Crippen LogP contribution in [-0.4, -0.2) is 28.4 Å². The molecule has 2 aromatic carbocycles. The zero-order chi connectivity index (χ0) is 15.0. The van der Waals surface area contributed by atoms with Crippen LogP contribution in [0.4, 0.5) is 0 Å².